The summed E-state index contributed by atoms with van der Waals surface area (Å²) in [7, 11) is 0. The monoisotopic (exact) mass is 349 g/mol. The van der Waals surface area contributed by atoms with E-state index in [0.717, 1.165) is 5.56 Å². The number of nitrogens with zero attached hydrogens (tertiary/aromatic N) is 1. The lowest BCUT2D eigenvalue weighted by atomic mass is 10.2. The van der Waals surface area contributed by atoms with Gasteiger partial charge in [-0.3, -0.25) is 9.59 Å². The molecule has 6 nitrogen and oxygen atoms in total. The number of aromatic nitrogens is 1. The predicted octanol–water partition coefficient (Wildman–Crippen LogP) is 3.65. The first kappa shape index (κ1) is 17.4. The third-order valence-corrected chi connectivity index (χ3v) is 3.75. The third-order valence-electron chi connectivity index (χ3n) is 3.75. The molecular weight excluding hydrogens is 330 g/mol. The van der Waals surface area contributed by atoms with E-state index in [1.165, 1.54) is 0 Å². The lowest BCUT2D eigenvalue weighted by Crippen LogP contribution is -2.22. The quantitative estimate of drug-likeness (QED) is 0.736. The van der Waals surface area contributed by atoms with Gasteiger partial charge in [-0.2, -0.15) is 0 Å². The Hall–Kier alpha value is -3.41. The van der Waals surface area contributed by atoms with Crippen LogP contribution in [0.25, 0.3) is 11.5 Å². The van der Waals surface area contributed by atoms with E-state index in [9.17, 15) is 9.59 Å². The predicted molar refractivity (Wildman–Crippen MR) is 99.1 cm³/mol. The number of benzene rings is 2. The zero-order valence-electron chi connectivity index (χ0n) is 14.6. The maximum absolute atomic E-state index is 12.6. The van der Waals surface area contributed by atoms with E-state index < -0.39 is 0 Å². The minimum atomic E-state index is -0.388. The third kappa shape index (κ3) is 3.80. The largest absolute Gasteiger partial charge is 0.441 e. The van der Waals surface area contributed by atoms with Gasteiger partial charge in [-0.25, -0.2) is 4.98 Å². The molecule has 1 aromatic heterocycles. The second-order valence-electron chi connectivity index (χ2n) is 5.68. The molecular formula is C20H19N3O3. The van der Waals surface area contributed by atoms with Crippen molar-refractivity contribution in [2.75, 3.05) is 11.9 Å². The van der Waals surface area contributed by atoms with Crippen molar-refractivity contribution in [1.29, 1.82) is 0 Å². The van der Waals surface area contributed by atoms with Crippen LogP contribution in [-0.2, 0) is 0 Å². The lowest BCUT2D eigenvalue weighted by Gasteiger charge is -2.06. The topological polar surface area (TPSA) is 84.2 Å². The number of hydrogen-bond donors (Lipinski definition) is 2. The van der Waals surface area contributed by atoms with Crippen molar-refractivity contribution in [3.63, 3.8) is 0 Å². The van der Waals surface area contributed by atoms with E-state index >= 15 is 0 Å². The number of aryl methyl sites for hydroxylation is 1. The molecule has 0 aliphatic heterocycles. The molecule has 3 rings (SSSR count). The Morgan fingerprint density at radius 3 is 2.54 bits per heavy atom. The van der Waals surface area contributed by atoms with Crippen LogP contribution in [0.1, 0.15) is 33.5 Å². The van der Waals surface area contributed by atoms with E-state index in [1.807, 2.05) is 37.3 Å². The average Bonchev–Trinajstić information content (AvgIpc) is 3.05. The highest BCUT2D eigenvalue weighted by atomic mass is 16.4. The number of nitrogens with one attached hydrogen (secondary N) is 2. The molecule has 0 unspecified atom stereocenters. The van der Waals surface area contributed by atoms with Gasteiger partial charge < -0.3 is 15.1 Å². The molecule has 0 aliphatic carbocycles. The van der Waals surface area contributed by atoms with Crippen molar-refractivity contribution in [3.05, 3.63) is 71.6 Å². The number of hydrogen-bond acceptors (Lipinski definition) is 4. The van der Waals surface area contributed by atoms with Crippen LogP contribution in [0.2, 0.25) is 0 Å². The lowest BCUT2D eigenvalue weighted by molar-refractivity contribution is 0.0954. The van der Waals surface area contributed by atoms with Gasteiger partial charge in [0.15, 0.2) is 5.69 Å². The molecule has 0 fully saturated rings. The fourth-order valence-electron chi connectivity index (χ4n) is 2.50. The van der Waals surface area contributed by atoms with Gasteiger partial charge in [-0.1, -0.05) is 24.3 Å². The molecule has 2 aromatic carbocycles. The van der Waals surface area contributed by atoms with Crippen molar-refractivity contribution >= 4 is 17.5 Å². The first-order valence-corrected chi connectivity index (χ1v) is 8.31. The van der Waals surface area contributed by atoms with Gasteiger partial charge in [0.2, 0.25) is 5.89 Å². The van der Waals surface area contributed by atoms with Gasteiger partial charge in [0.05, 0.1) is 0 Å². The smallest absolute Gasteiger partial charge is 0.277 e. The highest BCUT2D eigenvalue weighted by Crippen LogP contribution is 2.22. The van der Waals surface area contributed by atoms with Gasteiger partial charge in [0, 0.05) is 23.4 Å². The minimum absolute atomic E-state index is 0.187. The SMILES string of the molecule is CCNC(=O)c1cccc(NC(=O)c2nc(-c3ccccc3)oc2C)c1. The molecule has 0 atom stereocenters. The van der Waals surface area contributed by atoms with Crippen LogP contribution >= 0.6 is 0 Å². The summed E-state index contributed by atoms with van der Waals surface area (Å²) in [6.07, 6.45) is 0. The summed E-state index contributed by atoms with van der Waals surface area (Å²) in [6, 6.07) is 16.1. The molecule has 0 radical (unpaired) electrons. The summed E-state index contributed by atoms with van der Waals surface area (Å²) in [5.41, 5.74) is 2.01. The van der Waals surface area contributed by atoms with Crippen LogP contribution in [0.5, 0.6) is 0 Å². The van der Waals surface area contributed by atoms with Gasteiger partial charge in [-0.15, -0.1) is 0 Å². The molecule has 0 aliphatic rings. The fraction of sp³-hybridized carbons (Fsp3) is 0.150. The standard InChI is InChI=1S/C20H19N3O3/c1-3-21-18(24)15-10-7-11-16(12-15)22-19(25)17-13(2)26-20(23-17)14-8-5-4-6-9-14/h4-12H,3H2,1-2H3,(H,21,24)(H,22,25). The van der Waals surface area contributed by atoms with Crippen molar-refractivity contribution in [3.8, 4) is 11.5 Å². The molecule has 26 heavy (non-hydrogen) atoms. The Morgan fingerprint density at radius 2 is 1.81 bits per heavy atom. The van der Waals surface area contributed by atoms with E-state index in [-0.39, 0.29) is 17.5 Å². The average molecular weight is 349 g/mol. The zero-order chi connectivity index (χ0) is 18.5. The second-order valence-corrected chi connectivity index (χ2v) is 5.68. The summed E-state index contributed by atoms with van der Waals surface area (Å²) in [6.45, 7) is 4.08. The Labute approximate surface area is 151 Å². The van der Waals surface area contributed by atoms with Crippen LogP contribution in [0.15, 0.2) is 59.0 Å². The van der Waals surface area contributed by atoms with Crippen LogP contribution < -0.4 is 10.6 Å². The summed E-state index contributed by atoms with van der Waals surface area (Å²) < 4.78 is 5.62. The van der Waals surface area contributed by atoms with E-state index in [2.05, 4.69) is 15.6 Å². The maximum atomic E-state index is 12.6. The summed E-state index contributed by atoms with van der Waals surface area (Å²) in [5.74, 6) is 0.250. The van der Waals surface area contributed by atoms with Crippen molar-refractivity contribution < 1.29 is 14.0 Å². The first-order valence-electron chi connectivity index (χ1n) is 8.31. The van der Waals surface area contributed by atoms with Crippen molar-refractivity contribution in [1.82, 2.24) is 10.3 Å². The van der Waals surface area contributed by atoms with Crippen LogP contribution in [0, 0.1) is 6.92 Å². The summed E-state index contributed by atoms with van der Waals surface area (Å²) in [5, 5.41) is 5.49. The van der Waals surface area contributed by atoms with Crippen molar-refractivity contribution in [2.45, 2.75) is 13.8 Å². The number of amides is 2. The number of anilines is 1. The van der Waals surface area contributed by atoms with Crippen LogP contribution in [-0.4, -0.2) is 23.3 Å². The maximum Gasteiger partial charge on any atom is 0.277 e. The molecule has 0 bridgehead atoms. The molecule has 3 aromatic rings. The Morgan fingerprint density at radius 1 is 1.04 bits per heavy atom. The zero-order valence-corrected chi connectivity index (χ0v) is 14.6. The highest BCUT2D eigenvalue weighted by Gasteiger charge is 2.18. The Balaban J connectivity index is 1.80. The number of rotatable bonds is 5. The van der Waals surface area contributed by atoms with Gasteiger partial charge in [0.1, 0.15) is 5.76 Å². The molecule has 0 spiro atoms. The Bertz CT molecular complexity index is 932. The Kier molecular flexibility index (Phi) is 5.12. The molecule has 1 heterocycles. The van der Waals surface area contributed by atoms with E-state index in [0.29, 0.717) is 29.4 Å². The van der Waals surface area contributed by atoms with Gasteiger partial charge >= 0.3 is 0 Å². The first-order chi connectivity index (χ1) is 12.6. The number of oxazole rings is 1. The summed E-state index contributed by atoms with van der Waals surface area (Å²) >= 11 is 0. The van der Waals surface area contributed by atoms with Gasteiger partial charge in [0.25, 0.3) is 11.8 Å². The minimum Gasteiger partial charge on any atom is -0.441 e. The van der Waals surface area contributed by atoms with Crippen molar-refractivity contribution in [2.24, 2.45) is 0 Å². The summed E-state index contributed by atoms with van der Waals surface area (Å²) in [4.78, 5) is 28.8. The molecule has 2 amide bonds. The van der Waals surface area contributed by atoms with E-state index in [1.54, 1.807) is 31.2 Å². The second kappa shape index (κ2) is 7.65. The van der Waals surface area contributed by atoms with Crippen LogP contribution in [0.4, 0.5) is 5.69 Å². The highest BCUT2D eigenvalue weighted by molar-refractivity contribution is 6.04. The molecule has 132 valence electrons. The normalized spacial score (nSPS) is 10.4. The van der Waals surface area contributed by atoms with Gasteiger partial charge in [-0.05, 0) is 44.2 Å². The molecule has 0 saturated carbocycles. The number of carbonyl (C=O) groups excluding carboxylic acids is 2. The molecule has 0 saturated heterocycles. The molecule has 6 heteroatoms. The number of carbonyl (C=O) groups is 2. The van der Waals surface area contributed by atoms with Crippen LogP contribution in [0.3, 0.4) is 0 Å². The van der Waals surface area contributed by atoms with E-state index in [4.69, 9.17) is 4.42 Å². The fourth-order valence-corrected chi connectivity index (χ4v) is 2.50. The molecule has 2 N–H and O–H groups in total.